The summed E-state index contributed by atoms with van der Waals surface area (Å²) in [6.07, 6.45) is 0.647. The SMILES string of the molecule is C.C.COc1cccc(Cc2cc(F)ccc2S)c1. The van der Waals surface area contributed by atoms with Crippen LogP contribution in [0.4, 0.5) is 4.39 Å². The van der Waals surface area contributed by atoms with E-state index in [1.165, 1.54) is 12.1 Å². The third-order valence-corrected chi connectivity index (χ3v) is 3.01. The van der Waals surface area contributed by atoms with Gasteiger partial charge in [-0.3, -0.25) is 0 Å². The molecule has 0 unspecified atom stereocenters. The highest BCUT2D eigenvalue weighted by atomic mass is 32.1. The van der Waals surface area contributed by atoms with E-state index in [1.807, 2.05) is 24.3 Å². The molecule has 0 aliphatic heterocycles. The zero-order valence-corrected chi connectivity index (χ0v) is 10.4. The molecule has 0 amide bonds. The van der Waals surface area contributed by atoms with Crippen molar-refractivity contribution in [3.05, 3.63) is 59.4 Å². The molecule has 0 saturated heterocycles. The summed E-state index contributed by atoms with van der Waals surface area (Å²) >= 11 is 4.33. The van der Waals surface area contributed by atoms with E-state index in [-0.39, 0.29) is 20.7 Å². The Kier molecular flexibility index (Phi) is 7.23. The monoisotopic (exact) mass is 280 g/mol. The van der Waals surface area contributed by atoms with Crippen molar-refractivity contribution in [3.63, 3.8) is 0 Å². The average Bonchev–Trinajstić information content (AvgIpc) is 2.34. The van der Waals surface area contributed by atoms with Crippen molar-refractivity contribution >= 4 is 12.6 Å². The van der Waals surface area contributed by atoms with Crippen LogP contribution < -0.4 is 4.74 Å². The van der Waals surface area contributed by atoms with Crippen LogP contribution in [0.15, 0.2) is 47.4 Å². The molecule has 0 aromatic heterocycles. The molecule has 0 heterocycles. The molecule has 0 N–H and O–H groups in total. The van der Waals surface area contributed by atoms with Gasteiger partial charge >= 0.3 is 0 Å². The maximum absolute atomic E-state index is 13.1. The Bertz CT molecular complexity index is 526. The number of hydrogen-bond acceptors (Lipinski definition) is 2. The topological polar surface area (TPSA) is 9.23 Å². The van der Waals surface area contributed by atoms with Crippen molar-refractivity contribution in [2.75, 3.05) is 7.11 Å². The normalized spacial score (nSPS) is 9.21. The summed E-state index contributed by atoms with van der Waals surface area (Å²) in [6.45, 7) is 0. The van der Waals surface area contributed by atoms with E-state index < -0.39 is 0 Å². The van der Waals surface area contributed by atoms with E-state index in [2.05, 4.69) is 12.6 Å². The van der Waals surface area contributed by atoms with Crippen LogP contribution in [0, 0.1) is 5.82 Å². The molecule has 0 saturated carbocycles. The van der Waals surface area contributed by atoms with Gasteiger partial charge in [0.2, 0.25) is 0 Å². The van der Waals surface area contributed by atoms with Gasteiger partial charge in [0.25, 0.3) is 0 Å². The van der Waals surface area contributed by atoms with Gasteiger partial charge in [-0.1, -0.05) is 27.0 Å². The van der Waals surface area contributed by atoms with E-state index in [4.69, 9.17) is 4.74 Å². The molecule has 0 bridgehead atoms. The lowest BCUT2D eigenvalue weighted by Crippen LogP contribution is -1.92. The Morgan fingerprint density at radius 3 is 2.53 bits per heavy atom. The molecule has 0 fully saturated rings. The number of ether oxygens (including phenoxy) is 1. The molecular formula is C16H21FOS. The van der Waals surface area contributed by atoms with Crippen molar-refractivity contribution in [3.8, 4) is 5.75 Å². The van der Waals surface area contributed by atoms with Crippen LogP contribution in [-0.4, -0.2) is 7.11 Å². The first-order chi connectivity index (χ1) is 8.19. The second-order valence-electron chi connectivity index (χ2n) is 3.80. The smallest absolute Gasteiger partial charge is 0.123 e. The average molecular weight is 280 g/mol. The summed E-state index contributed by atoms with van der Waals surface area (Å²) in [4.78, 5) is 0.800. The summed E-state index contributed by atoms with van der Waals surface area (Å²) in [5.41, 5.74) is 1.95. The van der Waals surface area contributed by atoms with Crippen LogP contribution in [0.5, 0.6) is 5.75 Å². The summed E-state index contributed by atoms with van der Waals surface area (Å²) in [5.74, 6) is 0.570. The van der Waals surface area contributed by atoms with Crippen molar-refractivity contribution < 1.29 is 9.13 Å². The Balaban J connectivity index is 0.00000162. The number of halogens is 1. The van der Waals surface area contributed by atoms with Crippen LogP contribution in [0.2, 0.25) is 0 Å². The molecule has 2 rings (SSSR count). The zero-order chi connectivity index (χ0) is 12.3. The van der Waals surface area contributed by atoms with Gasteiger partial charge in [0.1, 0.15) is 11.6 Å². The lowest BCUT2D eigenvalue weighted by Gasteiger charge is -2.07. The maximum atomic E-state index is 13.1. The lowest BCUT2D eigenvalue weighted by molar-refractivity contribution is 0.414. The quantitative estimate of drug-likeness (QED) is 0.780. The molecule has 3 heteroatoms. The van der Waals surface area contributed by atoms with Gasteiger partial charge in [-0.15, -0.1) is 12.6 Å². The minimum atomic E-state index is -0.235. The second-order valence-corrected chi connectivity index (χ2v) is 4.28. The Morgan fingerprint density at radius 1 is 1.11 bits per heavy atom. The first-order valence-corrected chi connectivity index (χ1v) is 5.74. The first-order valence-electron chi connectivity index (χ1n) is 5.29. The minimum Gasteiger partial charge on any atom is -0.497 e. The highest BCUT2D eigenvalue weighted by Crippen LogP contribution is 2.21. The van der Waals surface area contributed by atoms with E-state index in [1.54, 1.807) is 13.2 Å². The lowest BCUT2D eigenvalue weighted by atomic mass is 10.0. The predicted molar refractivity (Wildman–Crippen MR) is 82.9 cm³/mol. The van der Waals surface area contributed by atoms with E-state index in [9.17, 15) is 4.39 Å². The minimum absolute atomic E-state index is 0. The van der Waals surface area contributed by atoms with E-state index >= 15 is 0 Å². The van der Waals surface area contributed by atoms with Gasteiger partial charge in [0.15, 0.2) is 0 Å². The number of hydrogen-bond donors (Lipinski definition) is 1. The maximum Gasteiger partial charge on any atom is 0.123 e. The third kappa shape index (κ3) is 4.60. The van der Waals surface area contributed by atoms with Crippen molar-refractivity contribution in [2.24, 2.45) is 0 Å². The fourth-order valence-electron chi connectivity index (χ4n) is 1.70. The number of rotatable bonds is 3. The molecule has 0 atom stereocenters. The van der Waals surface area contributed by atoms with Crippen LogP contribution in [-0.2, 0) is 6.42 Å². The molecule has 0 aliphatic rings. The predicted octanol–water partition coefficient (Wildman–Crippen LogP) is 4.99. The Hall–Kier alpha value is -1.48. The third-order valence-electron chi connectivity index (χ3n) is 2.57. The molecule has 0 aliphatic carbocycles. The van der Waals surface area contributed by atoms with Gasteiger partial charge in [-0.2, -0.15) is 0 Å². The van der Waals surface area contributed by atoms with Crippen molar-refractivity contribution in [1.29, 1.82) is 0 Å². The van der Waals surface area contributed by atoms with Crippen LogP contribution in [0.1, 0.15) is 26.0 Å². The fraction of sp³-hybridized carbons (Fsp3) is 0.250. The number of methoxy groups -OCH3 is 1. The summed E-state index contributed by atoms with van der Waals surface area (Å²) in [5, 5.41) is 0. The van der Waals surface area contributed by atoms with Crippen molar-refractivity contribution in [1.82, 2.24) is 0 Å². The van der Waals surface area contributed by atoms with Crippen LogP contribution >= 0.6 is 12.6 Å². The molecule has 1 nitrogen and oxygen atoms in total. The van der Waals surface area contributed by atoms with Gasteiger partial charge in [0, 0.05) is 4.90 Å². The second kappa shape index (κ2) is 7.85. The molecule has 2 aromatic rings. The van der Waals surface area contributed by atoms with Gasteiger partial charge in [-0.25, -0.2) is 4.39 Å². The first kappa shape index (κ1) is 17.5. The van der Waals surface area contributed by atoms with E-state index in [0.29, 0.717) is 6.42 Å². The highest BCUT2D eigenvalue weighted by Gasteiger charge is 2.03. The molecule has 2 aromatic carbocycles. The van der Waals surface area contributed by atoms with Gasteiger partial charge in [0.05, 0.1) is 7.11 Å². The van der Waals surface area contributed by atoms with Crippen LogP contribution in [0.3, 0.4) is 0 Å². The Morgan fingerprint density at radius 2 is 1.84 bits per heavy atom. The molecule has 19 heavy (non-hydrogen) atoms. The van der Waals surface area contributed by atoms with E-state index in [0.717, 1.165) is 21.8 Å². The molecule has 104 valence electrons. The molecular weight excluding hydrogens is 259 g/mol. The highest BCUT2D eigenvalue weighted by molar-refractivity contribution is 7.80. The van der Waals surface area contributed by atoms with Gasteiger partial charge in [-0.05, 0) is 47.9 Å². The largest absolute Gasteiger partial charge is 0.497 e. The number of benzene rings is 2. The summed E-state index contributed by atoms with van der Waals surface area (Å²) < 4.78 is 18.3. The number of thiol groups is 1. The zero-order valence-electron chi connectivity index (χ0n) is 9.48. The molecule has 0 spiro atoms. The summed E-state index contributed by atoms with van der Waals surface area (Å²) in [7, 11) is 1.63. The fourth-order valence-corrected chi connectivity index (χ4v) is 1.92. The Labute approximate surface area is 120 Å². The van der Waals surface area contributed by atoms with Gasteiger partial charge < -0.3 is 4.74 Å². The summed E-state index contributed by atoms with van der Waals surface area (Å²) in [6, 6.07) is 12.3. The molecule has 0 radical (unpaired) electrons. The van der Waals surface area contributed by atoms with Crippen molar-refractivity contribution in [2.45, 2.75) is 26.2 Å². The standard InChI is InChI=1S/C14H13FOS.2CH4/c1-16-13-4-2-3-10(8-13)7-11-9-12(15)5-6-14(11)17;;/h2-6,8-9,17H,7H2,1H3;2*1H4. The van der Waals surface area contributed by atoms with Crippen LogP contribution in [0.25, 0.3) is 0 Å².